The van der Waals surface area contributed by atoms with Gasteiger partial charge in [-0.05, 0) is 18.9 Å². The fourth-order valence-corrected chi connectivity index (χ4v) is 4.25. The molecular weight excluding hydrogens is 410 g/mol. The number of hydrogen-bond donors (Lipinski definition) is 1. The van der Waals surface area contributed by atoms with Crippen LogP contribution >= 0.6 is 0 Å². The molecule has 0 aliphatic carbocycles. The zero-order valence-electron chi connectivity index (χ0n) is 20.0. The van der Waals surface area contributed by atoms with E-state index in [1.165, 1.54) is 7.11 Å². The molecule has 32 heavy (non-hydrogen) atoms. The van der Waals surface area contributed by atoms with Crippen molar-refractivity contribution < 1.29 is 19.0 Å². The summed E-state index contributed by atoms with van der Waals surface area (Å²) in [7, 11) is 4.89. The molecule has 0 fully saturated rings. The molecule has 2 aromatic rings. The lowest BCUT2D eigenvalue weighted by atomic mass is 10.0. The number of nitrogens with one attached hydrogen (secondary N) is 1. The van der Waals surface area contributed by atoms with E-state index in [4.69, 9.17) is 14.2 Å². The minimum Gasteiger partial charge on any atom is -0.496 e. The molecule has 2 heterocycles. The molecule has 9 heteroatoms. The van der Waals surface area contributed by atoms with E-state index in [9.17, 15) is 4.79 Å². The van der Waals surface area contributed by atoms with Gasteiger partial charge >= 0.3 is 0 Å². The summed E-state index contributed by atoms with van der Waals surface area (Å²) < 4.78 is 18.2. The van der Waals surface area contributed by atoms with Crippen LogP contribution in [0.5, 0.6) is 11.5 Å². The van der Waals surface area contributed by atoms with Crippen molar-refractivity contribution in [1.82, 2.24) is 25.0 Å². The molecule has 1 aromatic carbocycles. The van der Waals surface area contributed by atoms with Crippen LogP contribution in [0.4, 0.5) is 0 Å². The molecule has 0 saturated carbocycles. The third-order valence-corrected chi connectivity index (χ3v) is 5.94. The molecule has 1 aromatic heterocycles. The number of rotatable bonds is 9. The number of methoxy groups -OCH3 is 3. The van der Waals surface area contributed by atoms with Gasteiger partial charge in [0.1, 0.15) is 23.9 Å². The van der Waals surface area contributed by atoms with Crippen LogP contribution in [0.25, 0.3) is 0 Å². The number of ether oxygens (including phenoxy) is 3. The van der Waals surface area contributed by atoms with E-state index in [0.29, 0.717) is 0 Å². The van der Waals surface area contributed by atoms with Crippen LogP contribution in [0.3, 0.4) is 0 Å². The second-order valence-corrected chi connectivity index (χ2v) is 8.46. The average molecular weight is 446 g/mol. The van der Waals surface area contributed by atoms with Gasteiger partial charge in [0.25, 0.3) is 0 Å². The lowest BCUT2D eigenvalue weighted by molar-refractivity contribution is -0.125. The van der Waals surface area contributed by atoms with E-state index in [0.717, 1.165) is 66.9 Å². The summed E-state index contributed by atoms with van der Waals surface area (Å²) in [5.74, 6) is 3.48. The molecule has 3 rings (SSSR count). The highest BCUT2D eigenvalue weighted by atomic mass is 16.5. The molecule has 0 spiro atoms. The highest BCUT2D eigenvalue weighted by molar-refractivity contribution is 5.77. The number of carbonyl (C=O) groups is 1. The van der Waals surface area contributed by atoms with Gasteiger partial charge in [-0.2, -0.15) is 0 Å². The third kappa shape index (κ3) is 5.21. The molecule has 0 radical (unpaired) electrons. The van der Waals surface area contributed by atoms with Gasteiger partial charge in [0.2, 0.25) is 5.91 Å². The normalized spacial score (nSPS) is 15.2. The van der Waals surface area contributed by atoms with Crippen molar-refractivity contribution in [1.29, 1.82) is 0 Å². The highest BCUT2D eigenvalue weighted by Crippen LogP contribution is 2.32. The van der Waals surface area contributed by atoms with Gasteiger partial charge in [-0.1, -0.05) is 19.9 Å². The van der Waals surface area contributed by atoms with Crippen LogP contribution in [0.2, 0.25) is 0 Å². The summed E-state index contributed by atoms with van der Waals surface area (Å²) in [4.78, 5) is 14.6. The Kier molecular flexibility index (Phi) is 8.09. The topological polar surface area (TPSA) is 90.7 Å². The van der Waals surface area contributed by atoms with Crippen molar-refractivity contribution in [2.75, 3.05) is 41.0 Å². The molecule has 1 unspecified atom stereocenters. The van der Waals surface area contributed by atoms with Crippen molar-refractivity contribution in [2.45, 2.75) is 46.3 Å². The molecule has 9 nitrogen and oxygen atoms in total. The first-order valence-corrected chi connectivity index (χ1v) is 11.0. The van der Waals surface area contributed by atoms with Gasteiger partial charge in [0.05, 0.1) is 20.3 Å². The zero-order valence-corrected chi connectivity index (χ0v) is 20.0. The summed E-state index contributed by atoms with van der Waals surface area (Å²) in [5.41, 5.74) is 2.14. The molecule has 1 N–H and O–H groups in total. The maximum absolute atomic E-state index is 12.2. The van der Waals surface area contributed by atoms with Crippen LogP contribution in [0.1, 0.15) is 42.7 Å². The summed E-state index contributed by atoms with van der Waals surface area (Å²) in [5, 5.41) is 11.9. The van der Waals surface area contributed by atoms with Gasteiger partial charge in [0.15, 0.2) is 5.82 Å². The first-order valence-electron chi connectivity index (χ1n) is 11.0. The van der Waals surface area contributed by atoms with Crippen molar-refractivity contribution >= 4 is 5.91 Å². The zero-order chi connectivity index (χ0) is 23.3. The van der Waals surface area contributed by atoms with Gasteiger partial charge in [0, 0.05) is 50.8 Å². The lowest BCUT2D eigenvalue weighted by Gasteiger charge is -2.24. The maximum Gasteiger partial charge on any atom is 0.246 e. The fraction of sp³-hybridized carbons (Fsp3) is 0.609. The summed E-state index contributed by atoms with van der Waals surface area (Å²) in [6.45, 7) is 9.44. The number of carbonyl (C=O) groups excluding carboxylic acids is 1. The molecule has 0 saturated heterocycles. The molecular formula is C23H35N5O4. The number of benzene rings is 1. The highest BCUT2D eigenvalue weighted by Gasteiger charge is 2.27. The predicted molar refractivity (Wildman–Crippen MR) is 121 cm³/mol. The Morgan fingerprint density at radius 1 is 1.12 bits per heavy atom. The molecule has 1 atom stereocenters. The monoisotopic (exact) mass is 445 g/mol. The standard InChI is InChI=1S/C23H35N5O4/c1-15(2)21(24-20(29)14-30-4)23-26-25-19-9-10-27(11-12-28(19)23)13-17-7-8-18(31-5)16(3)22(17)32-6/h7-8,15,21H,9-14H2,1-6H3,(H,24,29). The van der Waals surface area contributed by atoms with Crippen LogP contribution < -0.4 is 14.8 Å². The number of fused-ring (bicyclic) bond motifs is 1. The van der Waals surface area contributed by atoms with E-state index < -0.39 is 0 Å². The van der Waals surface area contributed by atoms with Gasteiger partial charge in [-0.15, -0.1) is 10.2 Å². The SMILES string of the molecule is COCC(=O)NC(c1nnc2n1CCN(Cc1ccc(OC)c(C)c1OC)CC2)C(C)C. The number of nitrogens with zero attached hydrogens (tertiary/aromatic N) is 4. The summed E-state index contributed by atoms with van der Waals surface area (Å²) in [6, 6.07) is 3.85. The Bertz CT molecular complexity index is 927. The van der Waals surface area contributed by atoms with Crippen LogP contribution in [0.15, 0.2) is 12.1 Å². The summed E-state index contributed by atoms with van der Waals surface area (Å²) >= 11 is 0. The van der Waals surface area contributed by atoms with Crippen molar-refractivity contribution in [3.8, 4) is 11.5 Å². The van der Waals surface area contributed by atoms with Gasteiger partial charge in [-0.3, -0.25) is 9.69 Å². The van der Waals surface area contributed by atoms with E-state index in [1.807, 2.05) is 13.0 Å². The second-order valence-electron chi connectivity index (χ2n) is 8.46. The Hall–Kier alpha value is -2.65. The van der Waals surface area contributed by atoms with Crippen molar-refractivity contribution in [3.63, 3.8) is 0 Å². The Balaban J connectivity index is 1.76. The van der Waals surface area contributed by atoms with Crippen LogP contribution in [-0.2, 0) is 29.0 Å². The van der Waals surface area contributed by atoms with E-state index >= 15 is 0 Å². The molecule has 0 bridgehead atoms. The fourth-order valence-electron chi connectivity index (χ4n) is 4.25. The first-order chi connectivity index (χ1) is 15.4. The predicted octanol–water partition coefficient (Wildman–Crippen LogP) is 2.12. The third-order valence-electron chi connectivity index (χ3n) is 5.94. The largest absolute Gasteiger partial charge is 0.496 e. The number of amides is 1. The Labute approximate surface area is 190 Å². The number of aromatic nitrogens is 3. The smallest absolute Gasteiger partial charge is 0.246 e. The van der Waals surface area contributed by atoms with Crippen molar-refractivity contribution in [2.24, 2.45) is 5.92 Å². The molecule has 1 amide bonds. The number of hydrogen-bond acceptors (Lipinski definition) is 7. The van der Waals surface area contributed by atoms with E-state index in [2.05, 4.69) is 44.9 Å². The summed E-state index contributed by atoms with van der Waals surface area (Å²) in [6.07, 6.45) is 0.793. The maximum atomic E-state index is 12.2. The van der Waals surface area contributed by atoms with Gasteiger partial charge in [-0.25, -0.2) is 0 Å². The molecule has 1 aliphatic rings. The lowest BCUT2D eigenvalue weighted by Crippen LogP contribution is -2.36. The quantitative estimate of drug-likeness (QED) is 0.632. The van der Waals surface area contributed by atoms with E-state index in [1.54, 1.807) is 14.2 Å². The first kappa shape index (κ1) is 24.0. The average Bonchev–Trinajstić information content (AvgIpc) is 3.05. The van der Waals surface area contributed by atoms with E-state index in [-0.39, 0.29) is 24.5 Å². The Morgan fingerprint density at radius 2 is 1.91 bits per heavy atom. The van der Waals surface area contributed by atoms with Gasteiger partial charge < -0.3 is 24.1 Å². The molecule has 1 aliphatic heterocycles. The van der Waals surface area contributed by atoms with Crippen LogP contribution in [0, 0.1) is 12.8 Å². The second kappa shape index (κ2) is 10.8. The van der Waals surface area contributed by atoms with Crippen LogP contribution in [-0.4, -0.2) is 66.6 Å². The molecule has 176 valence electrons. The minimum atomic E-state index is -0.213. The minimum absolute atomic E-state index is 0.0289. The van der Waals surface area contributed by atoms with Crippen molar-refractivity contribution in [3.05, 3.63) is 34.9 Å². The Morgan fingerprint density at radius 3 is 2.56 bits per heavy atom.